The number of hydrogen-bond acceptors (Lipinski definition) is 2. The van der Waals surface area contributed by atoms with Gasteiger partial charge in [-0.3, -0.25) is 4.79 Å². The number of benzene rings is 1. The van der Waals surface area contributed by atoms with Gasteiger partial charge in [-0.15, -0.1) is 0 Å². The van der Waals surface area contributed by atoms with E-state index in [1.807, 2.05) is 37.3 Å². The summed E-state index contributed by atoms with van der Waals surface area (Å²) in [7, 11) is 0. The molecule has 0 saturated carbocycles. The molecule has 0 aromatic heterocycles. The van der Waals surface area contributed by atoms with E-state index in [4.69, 9.17) is 4.74 Å². The maximum Gasteiger partial charge on any atom is 1.00 e. The van der Waals surface area contributed by atoms with Crippen LogP contribution in [0.4, 0.5) is 0 Å². The maximum atomic E-state index is 11.3. The Balaban J connectivity index is 0. The quantitative estimate of drug-likeness (QED) is 0.381. The van der Waals surface area contributed by atoms with E-state index in [1.54, 1.807) is 6.92 Å². The van der Waals surface area contributed by atoms with Gasteiger partial charge in [0.15, 0.2) is 0 Å². The van der Waals surface area contributed by atoms with Crippen LogP contribution in [-0.4, -0.2) is 5.97 Å². The molecule has 0 saturated heterocycles. The molecule has 17 heavy (non-hydrogen) atoms. The molecule has 0 unspecified atom stereocenters. The van der Waals surface area contributed by atoms with Crippen LogP contribution in [0.5, 0.6) is 0 Å². The number of carbonyl (C=O) groups excluding carboxylic acids is 1. The van der Waals surface area contributed by atoms with E-state index in [1.165, 1.54) is 0 Å². The topological polar surface area (TPSA) is 26.3 Å². The summed E-state index contributed by atoms with van der Waals surface area (Å²) in [6.07, 6.45) is 4.12. The van der Waals surface area contributed by atoms with Gasteiger partial charge in [-0.25, -0.2) is 0 Å². The molecule has 0 fully saturated rings. The van der Waals surface area contributed by atoms with E-state index in [9.17, 15) is 4.79 Å². The fourth-order valence-electron chi connectivity index (χ4n) is 1.21. The Bertz CT molecular complexity index is 350. The van der Waals surface area contributed by atoms with Crippen LogP contribution in [0, 0.1) is 6.08 Å². The molecule has 0 bridgehead atoms. The molecule has 0 N–H and O–H groups in total. The van der Waals surface area contributed by atoms with E-state index in [0.717, 1.165) is 12.0 Å². The van der Waals surface area contributed by atoms with Gasteiger partial charge in [-0.05, 0) is 19.4 Å². The number of halogens is 1. The first-order chi connectivity index (χ1) is 7.27. The molecule has 0 heterocycles. The molecule has 1 aromatic rings. The summed E-state index contributed by atoms with van der Waals surface area (Å²) in [6.45, 7) is 3.68. The van der Waals surface area contributed by atoms with Gasteiger partial charge in [-0.1, -0.05) is 37.3 Å². The van der Waals surface area contributed by atoms with Gasteiger partial charge in [0, 0.05) is 12.0 Å². The van der Waals surface area contributed by atoms with Crippen molar-refractivity contribution in [3.05, 3.63) is 42.0 Å². The van der Waals surface area contributed by atoms with Gasteiger partial charge < -0.3 is 17.1 Å². The zero-order valence-electron chi connectivity index (χ0n) is 10.2. The molecule has 0 amide bonds. The summed E-state index contributed by atoms with van der Waals surface area (Å²) in [4.78, 5) is 11.3. The Kier molecular flexibility index (Phi) is 12.1. The van der Waals surface area contributed by atoms with Crippen molar-refractivity contribution in [1.29, 1.82) is 0 Å². The van der Waals surface area contributed by atoms with E-state index in [0.29, 0.717) is 12.2 Å². The molecule has 0 aliphatic carbocycles. The van der Waals surface area contributed by atoms with Gasteiger partial charge in [0.05, 0.1) is 0 Å². The Labute approximate surface area is 129 Å². The van der Waals surface area contributed by atoms with Crippen molar-refractivity contribution in [3.8, 4) is 0 Å². The predicted octanol–water partition coefficient (Wildman–Crippen LogP) is 0.195. The molecule has 4 heteroatoms. The van der Waals surface area contributed by atoms with E-state index in [-0.39, 0.29) is 46.0 Å². The largest absolute Gasteiger partial charge is 1.00 e. The zero-order chi connectivity index (χ0) is 11.1. The van der Waals surface area contributed by atoms with Gasteiger partial charge in [0.1, 0.15) is 5.76 Å². The SMILES string of the molecule is C[C]=C(OC(=O)CCC)c1ccccc1.[Cl-].[Hg+]. The molecule has 2 radical (unpaired) electrons. The molecule has 88 valence electrons. The Morgan fingerprint density at radius 1 is 1.29 bits per heavy atom. The average Bonchev–Trinajstić information content (AvgIpc) is 2.27. The second-order valence-electron chi connectivity index (χ2n) is 3.17. The van der Waals surface area contributed by atoms with Crippen molar-refractivity contribution in [2.75, 3.05) is 0 Å². The monoisotopic (exact) mass is 440 g/mol. The van der Waals surface area contributed by atoms with Crippen LogP contribution in [-0.2, 0) is 37.2 Å². The van der Waals surface area contributed by atoms with Crippen LogP contribution < -0.4 is 12.4 Å². The van der Waals surface area contributed by atoms with Crippen molar-refractivity contribution in [2.24, 2.45) is 0 Å². The van der Waals surface area contributed by atoms with Gasteiger partial charge >= 0.3 is 33.6 Å². The second-order valence-corrected chi connectivity index (χ2v) is 3.17. The molecule has 2 nitrogen and oxygen atoms in total. The summed E-state index contributed by atoms with van der Waals surface area (Å²) in [6, 6.07) is 9.52. The standard InChI is InChI=1S/C13H15O2.ClH.Hg/c1-3-8-13(14)15-12(4-2)11-9-6-5-7-10-11;;/h5-7,9-10H,3,8H2,1-2H3;1H;/q;;+1/p-1. The fraction of sp³-hybridized carbons (Fsp3) is 0.308. The first kappa shape index (κ1) is 19.0. The van der Waals surface area contributed by atoms with Crippen LogP contribution in [0.25, 0.3) is 5.76 Å². The third kappa shape index (κ3) is 6.84. The summed E-state index contributed by atoms with van der Waals surface area (Å²) >= 11 is 0. The Morgan fingerprint density at radius 3 is 2.35 bits per heavy atom. The summed E-state index contributed by atoms with van der Waals surface area (Å²) in [5.74, 6) is 0.305. The van der Waals surface area contributed by atoms with Crippen molar-refractivity contribution in [2.45, 2.75) is 26.7 Å². The minimum Gasteiger partial charge on any atom is -1.00 e. The number of hydrogen-bond donors (Lipinski definition) is 0. The zero-order valence-corrected chi connectivity index (χ0v) is 16.5. The van der Waals surface area contributed by atoms with Crippen molar-refractivity contribution in [1.82, 2.24) is 0 Å². The number of ether oxygens (including phenoxy) is 1. The molecule has 1 aromatic carbocycles. The summed E-state index contributed by atoms with van der Waals surface area (Å²) in [5, 5.41) is 0. The predicted molar refractivity (Wildman–Crippen MR) is 59.8 cm³/mol. The first-order valence-corrected chi connectivity index (χ1v) is 5.08. The third-order valence-corrected chi connectivity index (χ3v) is 1.93. The smallest absolute Gasteiger partial charge is 1.00 e. The molecular formula is C13H15ClHgO2. The minimum absolute atomic E-state index is 0. The van der Waals surface area contributed by atoms with E-state index in [2.05, 4.69) is 6.08 Å². The van der Waals surface area contributed by atoms with Gasteiger partial charge in [-0.2, -0.15) is 0 Å². The molecular weight excluding hydrogens is 424 g/mol. The van der Waals surface area contributed by atoms with Crippen LogP contribution in [0.3, 0.4) is 0 Å². The van der Waals surface area contributed by atoms with Crippen molar-refractivity contribution < 1.29 is 49.6 Å². The van der Waals surface area contributed by atoms with Crippen LogP contribution in [0.2, 0.25) is 0 Å². The van der Waals surface area contributed by atoms with E-state index >= 15 is 0 Å². The van der Waals surface area contributed by atoms with Crippen molar-refractivity contribution >= 4 is 11.7 Å². The summed E-state index contributed by atoms with van der Waals surface area (Å²) in [5.41, 5.74) is 0.879. The Hall–Kier alpha value is -0.345. The molecule has 1 rings (SSSR count). The normalized spacial score (nSPS) is 9.88. The average molecular weight is 439 g/mol. The first-order valence-electron chi connectivity index (χ1n) is 5.08. The number of carbonyl (C=O) groups is 1. The van der Waals surface area contributed by atoms with Crippen LogP contribution >= 0.6 is 0 Å². The second kappa shape index (κ2) is 10.8. The number of esters is 1. The Morgan fingerprint density at radius 2 is 1.88 bits per heavy atom. The fourth-order valence-corrected chi connectivity index (χ4v) is 1.21. The molecule has 0 atom stereocenters. The molecule has 0 spiro atoms. The number of rotatable bonds is 4. The third-order valence-electron chi connectivity index (χ3n) is 1.93. The molecule has 0 aliphatic heterocycles. The van der Waals surface area contributed by atoms with Crippen LogP contribution in [0.1, 0.15) is 32.3 Å². The number of allylic oxidation sites excluding steroid dienone is 1. The maximum absolute atomic E-state index is 11.3. The van der Waals surface area contributed by atoms with Crippen molar-refractivity contribution in [3.63, 3.8) is 0 Å². The van der Waals surface area contributed by atoms with Gasteiger partial charge in [0.2, 0.25) is 0 Å². The minimum atomic E-state index is -0.203. The van der Waals surface area contributed by atoms with Gasteiger partial charge in [0.25, 0.3) is 0 Å². The summed E-state index contributed by atoms with van der Waals surface area (Å²) < 4.78 is 5.19. The van der Waals surface area contributed by atoms with Crippen LogP contribution in [0.15, 0.2) is 30.3 Å². The van der Waals surface area contributed by atoms with E-state index < -0.39 is 0 Å². The molecule has 0 aliphatic rings.